The van der Waals surface area contributed by atoms with Crippen molar-refractivity contribution in [1.82, 2.24) is 29.2 Å². The Labute approximate surface area is 326 Å². The van der Waals surface area contributed by atoms with Crippen molar-refractivity contribution in [3.8, 4) is 17.3 Å². The Bertz CT molecular complexity index is 2300. The monoisotopic (exact) mass is 758 g/mol. The van der Waals surface area contributed by atoms with E-state index in [2.05, 4.69) is 44.8 Å². The summed E-state index contributed by atoms with van der Waals surface area (Å²) in [5.74, 6) is 2.24. The highest BCUT2D eigenvalue weighted by Crippen LogP contribution is 2.42. The zero-order valence-corrected chi connectivity index (χ0v) is 32.6. The Hall–Kier alpha value is -5.52. The number of benzene rings is 3. The molecule has 2 aliphatic carbocycles. The van der Waals surface area contributed by atoms with Crippen LogP contribution < -0.4 is 10.1 Å². The van der Waals surface area contributed by atoms with Crippen LogP contribution in [0.15, 0.2) is 72.8 Å². The minimum atomic E-state index is -0.607. The molecule has 292 valence electrons. The quantitative estimate of drug-likeness (QED) is 0.157. The molecule has 1 N–H and O–H groups in total. The molecule has 4 fully saturated rings. The first-order chi connectivity index (χ1) is 27.0. The van der Waals surface area contributed by atoms with Crippen LogP contribution in [-0.4, -0.2) is 86.4 Å². The van der Waals surface area contributed by atoms with Crippen molar-refractivity contribution in [3.63, 3.8) is 0 Å². The van der Waals surface area contributed by atoms with Gasteiger partial charge in [0, 0.05) is 55.1 Å². The van der Waals surface area contributed by atoms with Crippen LogP contribution >= 0.6 is 0 Å². The van der Waals surface area contributed by atoms with Crippen LogP contribution in [0.1, 0.15) is 62.4 Å². The SMILES string of the molecule is COc1cc(C(=O)N2C[C@H]3CC[C@@H]2[C@@H]3NC(=O)OC(C)(C)C)cc2nc(-c3cc4ccccc4n3CC3CC3)n(CC3CN(C(=O)OCc4ccccc4)C3)c12. The average Bonchev–Trinajstić information content (AvgIpc) is 3.47. The van der Waals surface area contributed by atoms with Gasteiger partial charge in [-0.3, -0.25) is 4.79 Å². The molecule has 2 aromatic heterocycles. The minimum Gasteiger partial charge on any atom is -0.494 e. The summed E-state index contributed by atoms with van der Waals surface area (Å²) in [5.41, 5.74) is 4.54. The van der Waals surface area contributed by atoms with Crippen LogP contribution in [0.2, 0.25) is 0 Å². The molecule has 5 aromatic rings. The largest absolute Gasteiger partial charge is 0.494 e. The first-order valence-electron chi connectivity index (χ1n) is 20.0. The van der Waals surface area contributed by atoms with Crippen LogP contribution in [0, 0.1) is 17.8 Å². The van der Waals surface area contributed by atoms with E-state index < -0.39 is 11.7 Å². The number of methoxy groups -OCH3 is 1. The van der Waals surface area contributed by atoms with Gasteiger partial charge in [0.1, 0.15) is 23.5 Å². The number of alkyl carbamates (subject to hydrolysis) is 1. The fourth-order valence-corrected chi connectivity index (χ4v) is 8.99. The standard InChI is InChI=1S/C44H50N6O6/c1-44(2,3)56-42(52)46-38-31-16-17-35(38)49(25-31)41(51)32-18-33-39(37(20-32)54-4)50(24-29-21-47(22-29)43(53)55-26-28-10-6-5-7-11-28)40(45-33)36-19-30-12-8-9-13-34(30)48(36)23-27-14-15-27/h5-13,18-20,27,29,31,35,38H,14-17,21-26H2,1-4H3,(H,46,52)/t31-,35-,38-/m1/s1. The van der Waals surface area contributed by atoms with Gasteiger partial charge in [-0.1, -0.05) is 48.5 Å². The van der Waals surface area contributed by atoms with Crippen molar-refractivity contribution in [1.29, 1.82) is 0 Å². The Kier molecular flexibility index (Phi) is 9.17. The molecule has 3 amide bonds. The predicted octanol–water partition coefficient (Wildman–Crippen LogP) is 7.47. The fraction of sp³-hybridized carbons (Fsp3) is 0.455. The van der Waals surface area contributed by atoms with Gasteiger partial charge in [0.15, 0.2) is 5.82 Å². The van der Waals surface area contributed by atoms with Crippen molar-refractivity contribution in [3.05, 3.63) is 83.9 Å². The molecule has 0 radical (unpaired) electrons. The summed E-state index contributed by atoms with van der Waals surface area (Å²) in [4.78, 5) is 49.1. The normalized spacial score (nSPS) is 20.8. The number of rotatable bonds is 10. The summed E-state index contributed by atoms with van der Waals surface area (Å²) < 4.78 is 21.9. The molecule has 12 nitrogen and oxygen atoms in total. The van der Waals surface area contributed by atoms with Gasteiger partial charge < -0.3 is 38.5 Å². The van der Waals surface area contributed by atoms with Gasteiger partial charge in [0.2, 0.25) is 0 Å². The number of hydrogen-bond donors (Lipinski definition) is 1. The highest BCUT2D eigenvalue weighted by Gasteiger charge is 2.50. The molecular weight excluding hydrogens is 709 g/mol. The van der Waals surface area contributed by atoms with E-state index in [1.54, 1.807) is 12.0 Å². The molecule has 56 heavy (non-hydrogen) atoms. The van der Waals surface area contributed by atoms with E-state index in [1.165, 1.54) is 18.4 Å². The smallest absolute Gasteiger partial charge is 0.410 e. The van der Waals surface area contributed by atoms with Crippen molar-refractivity contribution in [2.24, 2.45) is 17.8 Å². The molecule has 3 atom stereocenters. The van der Waals surface area contributed by atoms with Gasteiger partial charge in [0.05, 0.1) is 30.4 Å². The van der Waals surface area contributed by atoms with Crippen molar-refractivity contribution in [2.75, 3.05) is 26.7 Å². The zero-order valence-electron chi connectivity index (χ0n) is 32.6. The molecule has 9 rings (SSSR count). The minimum absolute atomic E-state index is 0.101. The molecular formula is C44H50N6O6. The maximum Gasteiger partial charge on any atom is 0.410 e. The molecule has 2 aliphatic heterocycles. The van der Waals surface area contributed by atoms with Crippen molar-refractivity contribution < 1.29 is 28.6 Å². The molecule has 4 heterocycles. The Morgan fingerprint density at radius 2 is 1.61 bits per heavy atom. The van der Waals surface area contributed by atoms with E-state index in [4.69, 9.17) is 19.2 Å². The Morgan fingerprint density at radius 3 is 2.36 bits per heavy atom. The lowest BCUT2D eigenvalue weighted by atomic mass is 10.0. The second-order valence-electron chi connectivity index (χ2n) is 17.1. The lowest BCUT2D eigenvalue weighted by molar-refractivity contribution is 0.0450. The van der Waals surface area contributed by atoms with Crippen LogP contribution in [0.5, 0.6) is 5.75 Å². The lowest BCUT2D eigenvalue weighted by Crippen LogP contribution is -2.51. The average molecular weight is 759 g/mol. The van der Waals surface area contributed by atoms with Crippen molar-refractivity contribution >= 4 is 40.0 Å². The third-order valence-corrected chi connectivity index (χ3v) is 11.8. The van der Waals surface area contributed by atoms with E-state index >= 15 is 0 Å². The topological polar surface area (TPSA) is 120 Å². The van der Waals surface area contributed by atoms with Gasteiger partial charge >= 0.3 is 12.2 Å². The molecule has 12 heteroatoms. The number of para-hydroxylation sites is 1. The second-order valence-corrected chi connectivity index (χ2v) is 17.1. The summed E-state index contributed by atoms with van der Waals surface area (Å²) in [6.07, 6.45) is 3.43. The zero-order chi connectivity index (χ0) is 38.7. The van der Waals surface area contributed by atoms with Crippen LogP contribution in [0.3, 0.4) is 0 Å². The van der Waals surface area contributed by atoms with E-state index in [9.17, 15) is 14.4 Å². The number of aromatic nitrogens is 3. The highest BCUT2D eigenvalue weighted by atomic mass is 16.6. The highest BCUT2D eigenvalue weighted by molar-refractivity contribution is 6.00. The van der Waals surface area contributed by atoms with Gasteiger partial charge in [-0.15, -0.1) is 0 Å². The number of piperidine rings is 1. The summed E-state index contributed by atoms with van der Waals surface area (Å²) in [6, 6.07) is 23.9. The second kappa shape index (κ2) is 14.2. The van der Waals surface area contributed by atoms with Gasteiger partial charge in [0.25, 0.3) is 5.91 Å². The molecule has 0 spiro atoms. The van der Waals surface area contributed by atoms with Crippen LogP contribution in [0.4, 0.5) is 9.59 Å². The van der Waals surface area contributed by atoms with Gasteiger partial charge in [-0.05, 0) is 88.1 Å². The van der Waals surface area contributed by atoms with Crippen LogP contribution in [0.25, 0.3) is 33.5 Å². The van der Waals surface area contributed by atoms with E-state index in [-0.39, 0.29) is 42.5 Å². The molecule has 2 saturated carbocycles. The Morgan fingerprint density at radius 1 is 0.857 bits per heavy atom. The molecule has 3 aromatic carbocycles. The number of amides is 3. The van der Waals surface area contributed by atoms with E-state index in [0.29, 0.717) is 48.9 Å². The summed E-state index contributed by atoms with van der Waals surface area (Å²) >= 11 is 0. The molecule has 2 saturated heterocycles. The number of likely N-dealkylation sites (tertiary alicyclic amines) is 2. The molecule has 4 aliphatic rings. The number of nitrogens with one attached hydrogen (secondary N) is 1. The van der Waals surface area contributed by atoms with Crippen molar-refractivity contribution in [2.45, 2.75) is 83.8 Å². The van der Waals surface area contributed by atoms with Crippen LogP contribution in [-0.2, 0) is 29.2 Å². The third-order valence-electron chi connectivity index (χ3n) is 11.8. The fourth-order valence-electron chi connectivity index (χ4n) is 8.99. The summed E-state index contributed by atoms with van der Waals surface area (Å²) in [6.45, 7) is 8.99. The number of fused-ring (bicyclic) bond motifs is 4. The number of ether oxygens (including phenoxy) is 3. The maximum absolute atomic E-state index is 14.4. The predicted molar refractivity (Wildman–Crippen MR) is 212 cm³/mol. The number of carbonyl (C=O) groups is 3. The number of hydrogen-bond acceptors (Lipinski definition) is 7. The number of carbonyl (C=O) groups excluding carboxylic acids is 3. The lowest BCUT2D eigenvalue weighted by Gasteiger charge is -2.38. The number of imidazole rings is 1. The number of nitrogens with zero attached hydrogens (tertiary/aromatic N) is 5. The van der Waals surface area contributed by atoms with Gasteiger partial charge in [-0.2, -0.15) is 0 Å². The molecule has 2 bridgehead atoms. The maximum atomic E-state index is 14.4. The van der Waals surface area contributed by atoms with E-state index in [1.807, 2.05) is 68.1 Å². The molecule has 0 unspecified atom stereocenters. The summed E-state index contributed by atoms with van der Waals surface area (Å²) in [5, 5.41) is 4.22. The first kappa shape index (κ1) is 36.1. The Balaban J connectivity index is 1.03. The van der Waals surface area contributed by atoms with Gasteiger partial charge in [-0.25, -0.2) is 14.6 Å². The van der Waals surface area contributed by atoms with E-state index in [0.717, 1.165) is 47.4 Å². The first-order valence-corrected chi connectivity index (χ1v) is 20.0. The third kappa shape index (κ3) is 6.94. The summed E-state index contributed by atoms with van der Waals surface area (Å²) in [7, 11) is 1.64.